The number of nitrogens with zero attached hydrogens (tertiary/aromatic N) is 1. The van der Waals surface area contributed by atoms with Crippen molar-refractivity contribution in [1.82, 2.24) is 10.3 Å². The molecule has 0 amide bonds. The highest BCUT2D eigenvalue weighted by molar-refractivity contribution is 9.10. The minimum atomic E-state index is 0.303. The summed E-state index contributed by atoms with van der Waals surface area (Å²) in [4.78, 5) is 2.42. The fourth-order valence-corrected chi connectivity index (χ4v) is 4.11. The van der Waals surface area contributed by atoms with Crippen molar-refractivity contribution in [1.29, 1.82) is 0 Å². The van der Waals surface area contributed by atoms with Crippen molar-refractivity contribution in [3.8, 4) is 0 Å². The number of benzene rings is 1. The van der Waals surface area contributed by atoms with E-state index in [0.717, 1.165) is 23.2 Å². The summed E-state index contributed by atoms with van der Waals surface area (Å²) >= 11 is 5.53. The van der Waals surface area contributed by atoms with Gasteiger partial charge in [-0.25, -0.2) is 0 Å². The third-order valence-electron chi connectivity index (χ3n) is 3.47. The zero-order valence-corrected chi connectivity index (χ0v) is 13.0. The summed E-state index contributed by atoms with van der Waals surface area (Å²) in [6.45, 7) is 1.14. The van der Waals surface area contributed by atoms with Crippen LogP contribution in [0.4, 0.5) is 0 Å². The maximum atomic E-state index is 5.75. The summed E-state index contributed by atoms with van der Waals surface area (Å²) in [7, 11) is 2.19. The lowest BCUT2D eigenvalue weighted by Crippen LogP contribution is -2.55. The number of nitrogens with two attached hydrogens (primary N) is 1. The van der Waals surface area contributed by atoms with Crippen LogP contribution < -0.4 is 11.3 Å². The van der Waals surface area contributed by atoms with E-state index < -0.39 is 0 Å². The van der Waals surface area contributed by atoms with Crippen molar-refractivity contribution < 1.29 is 0 Å². The van der Waals surface area contributed by atoms with Gasteiger partial charge in [-0.2, -0.15) is 11.8 Å². The van der Waals surface area contributed by atoms with Crippen molar-refractivity contribution >= 4 is 27.7 Å². The third-order valence-corrected chi connectivity index (χ3v) is 5.01. The van der Waals surface area contributed by atoms with E-state index in [4.69, 9.17) is 5.84 Å². The quantitative estimate of drug-likeness (QED) is 0.653. The molecule has 1 saturated heterocycles. The maximum Gasteiger partial charge on any atom is 0.0414 e. The number of hydrogen-bond donors (Lipinski definition) is 2. The van der Waals surface area contributed by atoms with Crippen LogP contribution in [0.1, 0.15) is 5.56 Å². The number of hydrazine groups is 1. The Labute approximate surface area is 122 Å². The number of rotatable bonds is 4. The van der Waals surface area contributed by atoms with Crippen LogP contribution in [0.3, 0.4) is 0 Å². The second kappa shape index (κ2) is 6.91. The number of halogens is 1. The molecular formula is C13H20BrN3S. The first-order chi connectivity index (χ1) is 8.70. The molecule has 0 radical (unpaired) electrons. The molecule has 100 valence electrons. The molecule has 1 heterocycles. The van der Waals surface area contributed by atoms with Gasteiger partial charge in [0.2, 0.25) is 0 Å². The maximum absolute atomic E-state index is 5.75. The van der Waals surface area contributed by atoms with E-state index in [9.17, 15) is 0 Å². The molecule has 0 aliphatic carbocycles. The predicted octanol–water partition coefficient (Wildman–Crippen LogP) is 1.87. The van der Waals surface area contributed by atoms with Gasteiger partial charge in [-0.3, -0.25) is 11.3 Å². The Morgan fingerprint density at radius 3 is 3.11 bits per heavy atom. The summed E-state index contributed by atoms with van der Waals surface area (Å²) in [6.07, 6.45) is 0.964. The van der Waals surface area contributed by atoms with E-state index in [1.54, 1.807) is 0 Å². The SMILES string of the molecule is CN1CCSCC1C(Cc1cccc(Br)c1)NN. The molecule has 2 rings (SSSR count). The second-order valence-corrected chi connectivity index (χ2v) is 6.80. The van der Waals surface area contributed by atoms with Crippen LogP contribution in [0.25, 0.3) is 0 Å². The molecule has 2 unspecified atom stereocenters. The van der Waals surface area contributed by atoms with Crippen LogP contribution in [0.2, 0.25) is 0 Å². The van der Waals surface area contributed by atoms with Crippen LogP contribution in [0, 0.1) is 0 Å². The van der Waals surface area contributed by atoms with E-state index in [0.29, 0.717) is 12.1 Å². The summed E-state index contributed by atoms with van der Waals surface area (Å²) in [5, 5.41) is 0. The summed E-state index contributed by atoms with van der Waals surface area (Å²) in [5.41, 5.74) is 4.32. The molecule has 1 aromatic rings. The Bertz CT molecular complexity index is 388. The topological polar surface area (TPSA) is 41.3 Å². The highest BCUT2D eigenvalue weighted by atomic mass is 79.9. The average molecular weight is 330 g/mol. The van der Waals surface area contributed by atoms with Gasteiger partial charge in [0.05, 0.1) is 0 Å². The Kier molecular flexibility index (Phi) is 5.51. The molecule has 0 aromatic heterocycles. The Morgan fingerprint density at radius 1 is 1.61 bits per heavy atom. The van der Waals surface area contributed by atoms with Crippen LogP contribution in [0.15, 0.2) is 28.7 Å². The fraction of sp³-hybridized carbons (Fsp3) is 0.538. The Balaban J connectivity index is 2.04. The van der Waals surface area contributed by atoms with Gasteiger partial charge in [0.15, 0.2) is 0 Å². The molecule has 0 bridgehead atoms. The largest absolute Gasteiger partial charge is 0.300 e. The number of hydrogen-bond acceptors (Lipinski definition) is 4. The van der Waals surface area contributed by atoms with Gasteiger partial charge in [-0.1, -0.05) is 28.1 Å². The van der Waals surface area contributed by atoms with E-state index in [2.05, 4.69) is 57.6 Å². The lowest BCUT2D eigenvalue weighted by Gasteiger charge is -2.37. The molecule has 2 atom stereocenters. The van der Waals surface area contributed by atoms with E-state index in [1.807, 2.05) is 11.8 Å². The standard InChI is InChI=1S/C13H20BrN3S/c1-17-5-6-18-9-13(17)12(16-15)8-10-3-2-4-11(14)7-10/h2-4,7,12-13,16H,5-6,8-9,15H2,1H3. The van der Waals surface area contributed by atoms with Gasteiger partial charge >= 0.3 is 0 Å². The molecule has 1 aliphatic rings. The third kappa shape index (κ3) is 3.71. The lowest BCUT2D eigenvalue weighted by molar-refractivity contribution is 0.214. The zero-order chi connectivity index (χ0) is 13.0. The average Bonchev–Trinajstić information content (AvgIpc) is 2.37. The van der Waals surface area contributed by atoms with E-state index in [-0.39, 0.29) is 0 Å². The van der Waals surface area contributed by atoms with Gasteiger partial charge in [-0.05, 0) is 31.2 Å². The van der Waals surface area contributed by atoms with Crippen molar-refractivity contribution in [2.24, 2.45) is 5.84 Å². The fourth-order valence-electron chi connectivity index (χ4n) is 2.35. The molecule has 5 heteroatoms. The Hall–Kier alpha value is -0.0700. The molecule has 3 N–H and O–H groups in total. The molecule has 18 heavy (non-hydrogen) atoms. The summed E-state index contributed by atoms with van der Waals surface area (Å²) in [6, 6.07) is 9.26. The molecule has 0 saturated carbocycles. The van der Waals surface area contributed by atoms with Crippen LogP contribution in [-0.4, -0.2) is 42.1 Å². The lowest BCUT2D eigenvalue weighted by atomic mass is 10.00. The normalized spacial score (nSPS) is 22.9. The van der Waals surface area contributed by atoms with Gasteiger partial charge in [0, 0.05) is 34.6 Å². The van der Waals surface area contributed by atoms with Gasteiger partial charge in [0.25, 0.3) is 0 Å². The van der Waals surface area contributed by atoms with Gasteiger partial charge < -0.3 is 4.90 Å². The molecule has 1 fully saturated rings. The zero-order valence-electron chi connectivity index (χ0n) is 10.6. The number of likely N-dealkylation sites (N-methyl/N-ethyl adjacent to an activating group) is 1. The van der Waals surface area contributed by atoms with Gasteiger partial charge in [-0.15, -0.1) is 0 Å². The van der Waals surface area contributed by atoms with E-state index in [1.165, 1.54) is 11.3 Å². The van der Waals surface area contributed by atoms with Crippen LogP contribution in [0.5, 0.6) is 0 Å². The molecule has 1 aromatic carbocycles. The Morgan fingerprint density at radius 2 is 2.44 bits per heavy atom. The highest BCUT2D eigenvalue weighted by Crippen LogP contribution is 2.20. The first kappa shape index (κ1) is 14.3. The van der Waals surface area contributed by atoms with E-state index >= 15 is 0 Å². The van der Waals surface area contributed by atoms with Crippen molar-refractivity contribution in [2.75, 3.05) is 25.1 Å². The molecule has 0 spiro atoms. The number of nitrogens with one attached hydrogen (secondary N) is 1. The van der Waals surface area contributed by atoms with Crippen molar-refractivity contribution in [3.63, 3.8) is 0 Å². The summed E-state index contributed by atoms with van der Waals surface area (Å²) < 4.78 is 1.13. The smallest absolute Gasteiger partial charge is 0.0414 e. The van der Waals surface area contributed by atoms with Crippen molar-refractivity contribution in [3.05, 3.63) is 34.3 Å². The first-order valence-electron chi connectivity index (χ1n) is 6.19. The van der Waals surface area contributed by atoms with Crippen LogP contribution >= 0.6 is 27.7 Å². The molecular weight excluding hydrogens is 310 g/mol. The predicted molar refractivity (Wildman–Crippen MR) is 82.7 cm³/mol. The van der Waals surface area contributed by atoms with Gasteiger partial charge in [0.1, 0.15) is 0 Å². The minimum Gasteiger partial charge on any atom is -0.300 e. The molecule has 1 aliphatic heterocycles. The molecule has 3 nitrogen and oxygen atoms in total. The first-order valence-corrected chi connectivity index (χ1v) is 8.14. The second-order valence-electron chi connectivity index (χ2n) is 4.73. The van der Waals surface area contributed by atoms with Crippen LogP contribution in [-0.2, 0) is 6.42 Å². The minimum absolute atomic E-state index is 0.303. The highest BCUT2D eigenvalue weighted by Gasteiger charge is 2.27. The van der Waals surface area contributed by atoms with Crippen molar-refractivity contribution in [2.45, 2.75) is 18.5 Å². The monoisotopic (exact) mass is 329 g/mol. The summed E-state index contributed by atoms with van der Waals surface area (Å²) in [5.74, 6) is 8.13. The number of thioether (sulfide) groups is 1.